The zero-order valence-corrected chi connectivity index (χ0v) is 17.3. The first-order chi connectivity index (χ1) is 13.9. The molecule has 29 heavy (non-hydrogen) atoms. The molecule has 1 aromatic heterocycles. The summed E-state index contributed by atoms with van der Waals surface area (Å²) in [5, 5.41) is 12.3. The predicted octanol–water partition coefficient (Wildman–Crippen LogP) is 3.56. The van der Waals surface area contributed by atoms with Crippen molar-refractivity contribution in [3.05, 3.63) is 59.3 Å². The molecule has 150 valence electrons. The van der Waals surface area contributed by atoms with Crippen molar-refractivity contribution < 1.29 is 4.79 Å². The second-order valence-electron chi connectivity index (χ2n) is 8.56. The van der Waals surface area contributed by atoms with Crippen LogP contribution in [0.25, 0.3) is 0 Å². The van der Waals surface area contributed by atoms with Gasteiger partial charge in [-0.3, -0.25) is 9.80 Å². The van der Waals surface area contributed by atoms with E-state index in [9.17, 15) is 4.79 Å². The first-order valence-electron chi connectivity index (χ1n) is 10.1. The molecule has 6 heteroatoms. The van der Waals surface area contributed by atoms with Crippen LogP contribution in [0.4, 0.5) is 10.6 Å². The minimum atomic E-state index is -0.229. The van der Waals surface area contributed by atoms with Gasteiger partial charge in [0.1, 0.15) is 11.9 Å². The Balaban J connectivity index is 1.56. The Labute approximate surface area is 172 Å². The van der Waals surface area contributed by atoms with Crippen molar-refractivity contribution >= 4 is 11.8 Å². The number of benzene rings is 1. The zero-order valence-electron chi connectivity index (χ0n) is 17.3. The predicted molar refractivity (Wildman–Crippen MR) is 113 cm³/mol. The summed E-state index contributed by atoms with van der Waals surface area (Å²) in [4.78, 5) is 21.3. The number of hydrogen-bond acceptors (Lipinski definition) is 4. The lowest BCUT2D eigenvalue weighted by Crippen LogP contribution is -2.54. The van der Waals surface area contributed by atoms with Crippen LogP contribution in [0.1, 0.15) is 42.4 Å². The van der Waals surface area contributed by atoms with Gasteiger partial charge in [-0.2, -0.15) is 5.26 Å². The van der Waals surface area contributed by atoms with Crippen LogP contribution in [0.15, 0.2) is 42.6 Å². The number of amides is 2. The minimum absolute atomic E-state index is 0.00668. The third kappa shape index (κ3) is 3.26. The van der Waals surface area contributed by atoms with Crippen LogP contribution in [0.5, 0.6) is 0 Å². The molecular formula is C23H27N5O. The molecule has 1 spiro atoms. The number of aryl methyl sites for hydroxylation is 1. The maximum Gasteiger partial charge on any atom is 0.323 e. The van der Waals surface area contributed by atoms with Crippen LogP contribution >= 0.6 is 0 Å². The number of aromatic nitrogens is 1. The topological polar surface area (TPSA) is 72.3 Å². The van der Waals surface area contributed by atoms with E-state index in [4.69, 9.17) is 5.26 Å². The Morgan fingerprint density at radius 1 is 1.17 bits per heavy atom. The SMILES string of the molecule is Cc1cc(C#N)cnc1N1C[C@]2(CC[C@@](c3ccccc3)(N(C)C)CC2)NC1=O. The lowest BCUT2D eigenvalue weighted by atomic mass is 9.69. The molecule has 4 rings (SSSR count). The van der Waals surface area contributed by atoms with Gasteiger partial charge >= 0.3 is 6.03 Å². The monoisotopic (exact) mass is 389 g/mol. The Kier molecular flexibility index (Phi) is 4.79. The highest BCUT2D eigenvalue weighted by molar-refractivity contribution is 5.95. The van der Waals surface area contributed by atoms with E-state index >= 15 is 0 Å². The van der Waals surface area contributed by atoms with E-state index in [-0.39, 0.29) is 17.1 Å². The Bertz CT molecular complexity index is 955. The summed E-state index contributed by atoms with van der Waals surface area (Å²) in [5.74, 6) is 0.644. The first-order valence-corrected chi connectivity index (χ1v) is 10.1. The van der Waals surface area contributed by atoms with Crippen molar-refractivity contribution in [2.75, 3.05) is 25.5 Å². The van der Waals surface area contributed by atoms with Gasteiger partial charge in [0.05, 0.1) is 17.6 Å². The lowest BCUT2D eigenvalue weighted by molar-refractivity contribution is 0.0657. The molecule has 2 fully saturated rings. The van der Waals surface area contributed by atoms with Crippen molar-refractivity contribution in [3.8, 4) is 6.07 Å². The smallest absolute Gasteiger partial charge is 0.323 e. The summed E-state index contributed by atoms with van der Waals surface area (Å²) in [6.45, 7) is 2.51. The Hall–Kier alpha value is -2.91. The zero-order chi connectivity index (χ0) is 20.6. The molecule has 6 nitrogen and oxygen atoms in total. The quantitative estimate of drug-likeness (QED) is 0.871. The molecule has 2 amide bonds. The van der Waals surface area contributed by atoms with Crippen LogP contribution < -0.4 is 10.2 Å². The van der Waals surface area contributed by atoms with E-state index in [1.807, 2.05) is 6.92 Å². The van der Waals surface area contributed by atoms with Gasteiger partial charge in [0.25, 0.3) is 0 Å². The molecule has 2 aromatic rings. The van der Waals surface area contributed by atoms with Gasteiger partial charge in [-0.1, -0.05) is 30.3 Å². The molecule has 2 aliphatic rings. The molecule has 1 aromatic carbocycles. The van der Waals surface area contributed by atoms with Gasteiger partial charge in [-0.05, 0) is 63.9 Å². The average molecular weight is 390 g/mol. The summed E-state index contributed by atoms with van der Waals surface area (Å²) in [6, 6.07) is 14.5. The van der Waals surface area contributed by atoms with E-state index in [0.29, 0.717) is 17.9 Å². The van der Waals surface area contributed by atoms with E-state index in [1.165, 1.54) is 11.8 Å². The molecule has 1 saturated heterocycles. The number of anilines is 1. The fraction of sp³-hybridized carbons (Fsp3) is 0.435. The number of hydrogen-bond donors (Lipinski definition) is 1. The standard InChI is InChI=1S/C23H27N5O/c1-17-13-18(14-24)15-25-20(17)28-16-22(26-21(28)29)9-11-23(12-10-22,27(2)3)19-7-5-4-6-8-19/h4-8,13,15H,9-12,16H2,1-3H3,(H,26,29)/t22-,23-. The highest BCUT2D eigenvalue weighted by Crippen LogP contribution is 2.46. The number of nitrogens with zero attached hydrogens (tertiary/aromatic N) is 4. The molecule has 0 atom stereocenters. The molecule has 0 bridgehead atoms. The summed E-state index contributed by atoms with van der Waals surface area (Å²) in [6.07, 6.45) is 5.33. The van der Waals surface area contributed by atoms with Crippen LogP contribution in [-0.4, -0.2) is 42.1 Å². The molecule has 1 aliphatic carbocycles. The summed E-state index contributed by atoms with van der Waals surface area (Å²) < 4.78 is 0. The number of carbonyl (C=O) groups is 1. The summed E-state index contributed by atoms with van der Waals surface area (Å²) >= 11 is 0. The maximum absolute atomic E-state index is 12.8. The van der Waals surface area contributed by atoms with E-state index in [1.54, 1.807) is 11.0 Å². The maximum atomic E-state index is 12.8. The number of carbonyl (C=O) groups excluding carboxylic acids is 1. The van der Waals surface area contributed by atoms with Gasteiger partial charge in [0.15, 0.2) is 0 Å². The molecule has 1 saturated carbocycles. The van der Waals surface area contributed by atoms with Crippen LogP contribution in [-0.2, 0) is 5.54 Å². The van der Waals surface area contributed by atoms with Crippen molar-refractivity contribution in [1.82, 2.24) is 15.2 Å². The number of urea groups is 1. The van der Waals surface area contributed by atoms with Gasteiger partial charge < -0.3 is 5.32 Å². The molecule has 0 radical (unpaired) electrons. The average Bonchev–Trinajstić information content (AvgIpc) is 3.04. The first kappa shape index (κ1) is 19.4. The highest BCUT2D eigenvalue weighted by atomic mass is 16.2. The van der Waals surface area contributed by atoms with E-state index in [0.717, 1.165) is 31.2 Å². The molecule has 0 unspecified atom stereocenters. The number of rotatable bonds is 3. The molecular weight excluding hydrogens is 362 g/mol. The number of pyridine rings is 1. The Morgan fingerprint density at radius 3 is 2.45 bits per heavy atom. The largest absolute Gasteiger partial charge is 0.330 e. The summed E-state index contributed by atoms with van der Waals surface area (Å²) in [7, 11) is 4.29. The van der Waals surface area contributed by atoms with Crippen molar-refractivity contribution in [1.29, 1.82) is 5.26 Å². The molecule has 1 aliphatic heterocycles. The fourth-order valence-corrected chi connectivity index (χ4v) is 4.96. The molecule has 2 heterocycles. The van der Waals surface area contributed by atoms with Gasteiger partial charge in [-0.15, -0.1) is 0 Å². The van der Waals surface area contributed by atoms with Crippen molar-refractivity contribution in [2.24, 2.45) is 0 Å². The third-order valence-corrected chi connectivity index (χ3v) is 6.71. The van der Waals surface area contributed by atoms with Crippen molar-refractivity contribution in [2.45, 2.75) is 43.7 Å². The van der Waals surface area contributed by atoms with Crippen LogP contribution in [0.2, 0.25) is 0 Å². The summed E-state index contributed by atoms with van der Waals surface area (Å²) in [5.41, 5.74) is 2.46. The fourth-order valence-electron chi connectivity index (χ4n) is 4.96. The number of nitrogens with one attached hydrogen (secondary N) is 1. The normalized spacial score (nSPS) is 26.6. The van der Waals surface area contributed by atoms with E-state index in [2.05, 4.69) is 65.7 Å². The second-order valence-corrected chi connectivity index (χ2v) is 8.56. The number of nitriles is 1. The highest BCUT2D eigenvalue weighted by Gasteiger charge is 2.50. The van der Waals surface area contributed by atoms with E-state index < -0.39 is 0 Å². The third-order valence-electron chi connectivity index (χ3n) is 6.71. The lowest BCUT2D eigenvalue weighted by Gasteiger charge is -2.48. The Morgan fingerprint density at radius 2 is 1.86 bits per heavy atom. The van der Waals surface area contributed by atoms with Gasteiger partial charge in [0, 0.05) is 11.7 Å². The van der Waals surface area contributed by atoms with Crippen LogP contribution in [0, 0.1) is 18.3 Å². The molecule has 1 N–H and O–H groups in total. The van der Waals surface area contributed by atoms with Crippen molar-refractivity contribution in [3.63, 3.8) is 0 Å². The van der Waals surface area contributed by atoms with Gasteiger partial charge in [0.2, 0.25) is 0 Å². The second kappa shape index (κ2) is 7.16. The van der Waals surface area contributed by atoms with Crippen LogP contribution in [0.3, 0.4) is 0 Å². The minimum Gasteiger partial charge on any atom is -0.330 e. The van der Waals surface area contributed by atoms with Gasteiger partial charge in [-0.25, -0.2) is 9.78 Å².